The number of aliphatic hydroxyl groups excluding tert-OH is 1. The first-order chi connectivity index (χ1) is 21.3. The molecule has 246 valence electrons. The van der Waals surface area contributed by atoms with Crippen LogP contribution < -0.4 is 15.4 Å². The van der Waals surface area contributed by atoms with Crippen LogP contribution in [0.15, 0.2) is 48.5 Å². The molecule has 45 heavy (non-hydrogen) atoms. The summed E-state index contributed by atoms with van der Waals surface area (Å²) in [4.78, 5) is 44.4. The number of ether oxygens (including phenoxy) is 1. The molecule has 2 aliphatic heterocycles. The maximum Gasteiger partial charge on any atom is 0.251 e. The van der Waals surface area contributed by atoms with E-state index in [-0.39, 0.29) is 36.0 Å². The number of carbonyl (C=O) groups excluding carboxylic acids is 3. The summed E-state index contributed by atoms with van der Waals surface area (Å²) in [5, 5.41) is 17.1. The number of piperidine rings is 1. The van der Waals surface area contributed by atoms with E-state index in [1.807, 2.05) is 53.4 Å². The van der Waals surface area contributed by atoms with Crippen LogP contribution in [0.5, 0.6) is 5.75 Å². The zero-order valence-electron chi connectivity index (χ0n) is 26.6. The predicted molar refractivity (Wildman–Crippen MR) is 176 cm³/mol. The summed E-state index contributed by atoms with van der Waals surface area (Å²) in [5.74, 6) is 0.484. The van der Waals surface area contributed by atoms with Crippen LogP contribution >= 0.6 is 12.4 Å². The van der Waals surface area contributed by atoms with Crippen LogP contribution in [0.25, 0.3) is 0 Å². The van der Waals surface area contributed by atoms with Crippen LogP contribution in [-0.2, 0) is 22.7 Å². The molecule has 2 heterocycles. The van der Waals surface area contributed by atoms with Crippen molar-refractivity contribution < 1.29 is 24.2 Å². The van der Waals surface area contributed by atoms with Crippen molar-refractivity contribution in [3.05, 3.63) is 65.2 Å². The number of hydrogen-bond acceptors (Lipinski definition) is 6. The fourth-order valence-corrected chi connectivity index (χ4v) is 7.08. The lowest BCUT2D eigenvalue weighted by molar-refractivity contribution is -0.166. The Morgan fingerprint density at radius 3 is 2.29 bits per heavy atom. The number of piperazine rings is 1. The van der Waals surface area contributed by atoms with Gasteiger partial charge in [0, 0.05) is 38.3 Å². The summed E-state index contributed by atoms with van der Waals surface area (Å²) in [6.45, 7) is 5.14. The molecule has 0 aromatic heterocycles. The van der Waals surface area contributed by atoms with E-state index < -0.39 is 17.7 Å². The molecule has 2 aromatic rings. The van der Waals surface area contributed by atoms with E-state index in [9.17, 15) is 19.5 Å². The second kappa shape index (κ2) is 15.9. The summed E-state index contributed by atoms with van der Waals surface area (Å²) >= 11 is 0. The largest absolute Gasteiger partial charge is 0.497 e. The monoisotopic (exact) mass is 640 g/mol. The Hall–Kier alpha value is -3.14. The molecule has 2 atom stereocenters. The minimum Gasteiger partial charge on any atom is -0.497 e. The van der Waals surface area contributed by atoms with Crippen molar-refractivity contribution in [3.63, 3.8) is 0 Å². The topological polar surface area (TPSA) is 111 Å². The van der Waals surface area contributed by atoms with Crippen molar-refractivity contribution >= 4 is 30.1 Å². The number of benzene rings is 2. The molecule has 9 nitrogen and oxygen atoms in total. The van der Waals surface area contributed by atoms with Gasteiger partial charge in [0.05, 0.1) is 13.2 Å². The van der Waals surface area contributed by atoms with Crippen LogP contribution in [0.1, 0.15) is 86.2 Å². The summed E-state index contributed by atoms with van der Waals surface area (Å²) < 4.78 is 5.18. The molecule has 0 radical (unpaired) electrons. The second-order valence-corrected chi connectivity index (χ2v) is 12.7. The number of rotatable bonds is 11. The molecular weight excluding hydrogens is 592 g/mol. The van der Waals surface area contributed by atoms with E-state index in [0.29, 0.717) is 51.1 Å². The molecular formula is C35H49ClN4O5. The Morgan fingerprint density at radius 1 is 1.02 bits per heavy atom. The lowest BCUT2D eigenvalue weighted by atomic mass is 9.78. The number of amides is 3. The zero-order valence-corrected chi connectivity index (χ0v) is 27.4. The van der Waals surface area contributed by atoms with E-state index in [2.05, 4.69) is 22.5 Å². The van der Waals surface area contributed by atoms with Gasteiger partial charge in [-0.1, -0.05) is 56.9 Å². The normalized spacial score (nSPS) is 21.1. The summed E-state index contributed by atoms with van der Waals surface area (Å²) in [7, 11) is 1.63. The molecule has 3 N–H and O–H groups in total. The minimum absolute atomic E-state index is 0. The van der Waals surface area contributed by atoms with Crippen molar-refractivity contribution in [2.45, 2.75) is 95.5 Å². The lowest BCUT2D eigenvalue weighted by Gasteiger charge is -2.52. The quantitative estimate of drug-likeness (QED) is 0.335. The third-order valence-corrected chi connectivity index (χ3v) is 9.89. The van der Waals surface area contributed by atoms with Gasteiger partial charge in [0.25, 0.3) is 5.91 Å². The summed E-state index contributed by atoms with van der Waals surface area (Å²) in [6, 6.07) is 14.4. The molecule has 5 rings (SSSR count). The van der Waals surface area contributed by atoms with Gasteiger partial charge < -0.3 is 25.4 Å². The van der Waals surface area contributed by atoms with Gasteiger partial charge in [0.1, 0.15) is 17.3 Å². The van der Waals surface area contributed by atoms with Crippen LogP contribution in [0.3, 0.4) is 0 Å². The van der Waals surface area contributed by atoms with Crippen molar-refractivity contribution in [1.82, 2.24) is 20.4 Å². The lowest BCUT2D eigenvalue weighted by Crippen LogP contribution is -2.75. The molecule has 0 bridgehead atoms. The zero-order chi connectivity index (χ0) is 31.1. The van der Waals surface area contributed by atoms with E-state index >= 15 is 0 Å². The first-order valence-electron chi connectivity index (χ1n) is 16.4. The summed E-state index contributed by atoms with van der Waals surface area (Å²) in [5.41, 5.74) is 1.83. The molecule has 1 saturated carbocycles. The molecule has 2 aromatic carbocycles. The van der Waals surface area contributed by atoms with Crippen LogP contribution in [0.2, 0.25) is 0 Å². The van der Waals surface area contributed by atoms with Crippen molar-refractivity contribution in [1.29, 1.82) is 0 Å². The Balaban J connectivity index is 0.00000461. The standard InChI is InChI=1S/C35H48N4O5.ClH/c1-3-4-20-39-33(42)30(31(40)27-8-6-5-7-9-27)37-34(43)35(39)18-21-38(22-19-35)24-26-10-14-28(15-11-26)32(41)36-23-25-12-16-29(44-2)17-13-25;/h10-17,27,30-31,40H,3-9,18-24H2,1-2H3,(H,36,41)(H,37,43);1H/t30-,31-;/m1./s1. The Labute approximate surface area is 273 Å². The van der Waals surface area contributed by atoms with Gasteiger partial charge in [-0.05, 0) is 73.4 Å². The maximum atomic E-state index is 13.8. The van der Waals surface area contributed by atoms with E-state index in [0.717, 1.165) is 55.4 Å². The highest BCUT2D eigenvalue weighted by atomic mass is 35.5. The Kier molecular flexibility index (Phi) is 12.3. The average Bonchev–Trinajstić information content (AvgIpc) is 3.07. The SMILES string of the molecule is CCCCN1C(=O)[C@@H]([C@H](O)C2CCCCC2)NC(=O)C12CCN(Cc1ccc(C(=O)NCc3ccc(OC)cc3)cc1)CC2.Cl. The van der Waals surface area contributed by atoms with Crippen molar-refractivity contribution in [2.75, 3.05) is 26.7 Å². The van der Waals surface area contributed by atoms with Gasteiger partial charge in [0.2, 0.25) is 11.8 Å². The first kappa shape index (κ1) is 34.7. The van der Waals surface area contributed by atoms with E-state index in [4.69, 9.17) is 4.74 Å². The molecule has 10 heteroatoms. The molecule has 3 amide bonds. The van der Waals surface area contributed by atoms with E-state index in [1.54, 1.807) is 7.11 Å². The number of nitrogens with zero attached hydrogens (tertiary/aromatic N) is 2. The molecule has 3 fully saturated rings. The minimum atomic E-state index is -0.864. The highest BCUT2D eigenvalue weighted by Gasteiger charge is 2.55. The van der Waals surface area contributed by atoms with Crippen LogP contribution in [0, 0.1) is 5.92 Å². The number of hydrogen-bond donors (Lipinski definition) is 3. The fourth-order valence-electron chi connectivity index (χ4n) is 7.08. The molecule has 1 aliphatic carbocycles. The molecule has 3 aliphatic rings. The highest BCUT2D eigenvalue weighted by Crippen LogP contribution is 2.36. The summed E-state index contributed by atoms with van der Waals surface area (Å²) in [6.07, 6.45) is 7.17. The second-order valence-electron chi connectivity index (χ2n) is 12.7. The van der Waals surface area contributed by atoms with Gasteiger partial charge in [-0.15, -0.1) is 12.4 Å². The maximum absolute atomic E-state index is 13.8. The fraction of sp³-hybridized carbons (Fsp3) is 0.571. The number of halogens is 1. The molecule has 0 unspecified atom stereocenters. The number of unbranched alkanes of at least 4 members (excludes halogenated alkanes) is 1. The van der Waals surface area contributed by atoms with E-state index in [1.165, 1.54) is 6.42 Å². The number of methoxy groups -OCH3 is 1. The van der Waals surface area contributed by atoms with Crippen LogP contribution in [-0.4, -0.2) is 77.1 Å². The van der Waals surface area contributed by atoms with Gasteiger partial charge in [-0.3, -0.25) is 19.3 Å². The number of nitrogens with one attached hydrogen (secondary N) is 2. The molecule has 2 saturated heterocycles. The highest BCUT2D eigenvalue weighted by molar-refractivity contribution is 6.00. The van der Waals surface area contributed by atoms with Crippen molar-refractivity contribution in [3.8, 4) is 5.75 Å². The molecule has 1 spiro atoms. The van der Waals surface area contributed by atoms with Gasteiger partial charge in [-0.25, -0.2) is 0 Å². The third kappa shape index (κ3) is 7.99. The first-order valence-corrected chi connectivity index (χ1v) is 16.4. The van der Waals surface area contributed by atoms with Gasteiger partial charge in [-0.2, -0.15) is 0 Å². The number of likely N-dealkylation sites (tertiary alicyclic amines) is 1. The average molecular weight is 641 g/mol. The number of aliphatic hydroxyl groups is 1. The van der Waals surface area contributed by atoms with Gasteiger partial charge >= 0.3 is 0 Å². The van der Waals surface area contributed by atoms with Crippen molar-refractivity contribution in [2.24, 2.45) is 5.92 Å². The van der Waals surface area contributed by atoms with Crippen LogP contribution in [0.4, 0.5) is 0 Å². The number of carbonyl (C=O) groups is 3. The Morgan fingerprint density at radius 2 is 1.67 bits per heavy atom. The predicted octanol–water partition coefficient (Wildman–Crippen LogP) is 4.45. The smallest absolute Gasteiger partial charge is 0.251 e. The Bertz CT molecular complexity index is 1270. The van der Waals surface area contributed by atoms with Gasteiger partial charge in [0.15, 0.2) is 0 Å². The third-order valence-electron chi connectivity index (χ3n) is 9.89.